The smallest absolute Gasteiger partial charge is 0.328 e. The topological polar surface area (TPSA) is 38.1 Å². The zero-order valence-corrected chi connectivity index (χ0v) is 13.8. The highest BCUT2D eigenvalue weighted by Crippen LogP contribution is 2.38. The molecule has 0 spiro atoms. The highest BCUT2D eigenvalue weighted by molar-refractivity contribution is 9.10. The van der Waals surface area contributed by atoms with E-state index in [1.807, 2.05) is 0 Å². The Kier molecular flexibility index (Phi) is 4.59. The van der Waals surface area contributed by atoms with Crippen molar-refractivity contribution in [2.75, 3.05) is 7.05 Å². The minimum absolute atomic E-state index is 0.220. The number of benzene rings is 1. The summed E-state index contributed by atoms with van der Waals surface area (Å²) in [6.07, 6.45) is -9.63. The number of carbonyl (C=O) groups excluding carboxylic acids is 1. The highest BCUT2D eigenvalue weighted by Gasteiger charge is 2.39. The van der Waals surface area contributed by atoms with Crippen LogP contribution in [0, 0.1) is 0 Å². The Bertz CT molecular complexity index is 796. The van der Waals surface area contributed by atoms with E-state index in [9.17, 15) is 31.1 Å². The van der Waals surface area contributed by atoms with Crippen LogP contribution in [0.25, 0.3) is 11.0 Å². The summed E-state index contributed by atoms with van der Waals surface area (Å²) in [6.45, 7) is 0.540. The fourth-order valence-electron chi connectivity index (χ4n) is 2.02. The van der Waals surface area contributed by atoms with Crippen molar-refractivity contribution in [1.29, 1.82) is 0 Å². The van der Waals surface area contributed by atoms with Gasteiger partial charge in [0.15, 0.2) is 0 Å². The van der Waals surface area contributed by atoms with Gasteiger partial charge in [-0.2, -0.15) is 26.3 Å². The first-order valence-corrected chi connectivity index (χ1v) is 7.17. The number of carbonyl (C=O) groups is 1. The second-order valence-corrected chi connectivity index (χ2v) is 5.90. The molecule has 0 radical (unpaired) electrons. The fourth-order valence-corrected chi connectivity index (χ4v) is 2.55. The minimum Gasteiger partial charge on any atom is -0.328 e. The van der Waals surface area contributed by atoms with E-state index in [0.29, 0.717) is 16.7 Å². The van der Waals surface area contributed by atoms with Crippen molar-refractivity contribution in [2.24, 2.45) is 0 Å². The molecule has 0 aliphatic heterocycles. The van der Waals surface area contributed by atoms with Crippen molar-refractivity contribution in [2.45, 2.75) is 25.9 Å². The summed E-state index contributed by atoms with van der Waals surface area (Å²) in [5.74, 6) is -1.93. The predicted molar refractivity (Wildman–Crippen MR) is 75.9 cm³/mol. The van der Waals surface area contributed by atoms with Gasteiger partial charge in [0.05, 0.1) is 17.7 Å². The van der Waals surface area contributed by atoms with Crippen LogP contribution in [0.1, 0.15) is 18.3 Å². The first kappa shape index (κ1) is 18.6. The lowest BCUT2D eigenvalue weighted by atomic mass is 10.2. The Hall–Kier alpha value is -1.78. The summed E-state index contributed by atoms with van der Waals surface area (Å²) >= 11 is 2.83. The maximum atomic E-state index is 13.2. The number of fused-ring (bicyclic) bond motifs is 1. The van der Waals surface area contributed by atoms with Crippen molar-refractivity contribution in [3.05, 3.63) is 28.0 Å². The molecule has 0 fully saturated rings. The molecule has 1 aromatic heterocycles. The molecule has 24 heavy (non-hydrogen) atoms. The van der Waals surface area contributed by atoms with Gasteiger partial charge in [-0.1, -0.05) is 0 Å². The zero-order valence-electron chi connectivity index (χ0n) is 12.3. The summed E-state index contributed by atoms with van der Waals surface area (Å²) in [5.41, 5.74) is -1.77. The highest BCUT2D eigenvalue weighted by atomic mass is 79.9. The Morgan fingerprint density at radius 1 is 1.21 bits per heavy atom. The van der Waals surface area contributed by atoms with Crippen LogP contribution < -0.4 is 0 Å². The van der Waals surface area contributed by atoms with E-state index in [0.717, 1.165) is 11.8 Å². The number of hydrogen-bond donors (Lipinski definition) is 0. The molecule has 1 amide bonds. The van der Waals surface area contributed by atoms with Crippen molar-refractivity contribution in [3.8, 4) is 0 Å². The fraction of sp³-hybridized carbons (Fsp3) is 0.385. The van der Waals surface area contributed by atoms with E-state index in [1.165, 1.54) is 7.05 Å². The van der Waals surface area contributed by atoms with Crippen LogP contribution in [0.2, 0.25) is 0 Å². The van der Waals surface area contributed by atoms with Crippen molar-refractivity contribution in [1.82, 2.24) is 14.5 Å². The maximum Gasteiger partial charge on any atom is 0.449 e. The lowest BCUT2D eigenvalue weighted by molar-refractivity contribution is -0.148. The lowest BCUT2D eigenvalue weighted by Crippen LogP contribution is -2.29. The minimum atomic E-state index is -4.89. The van der Waals surface area contributed by atoms with Crippen molar-refractivity contribution >= 4 is 32.9 Å². The van der Waals surface area contributed by atoms with E-state index in [2.05, 4.69) is 20.9 Å². The van der Waals surface area contributed by atoms with E-state index in [1.54, 1.807) is 0 Å². The molecule has 132 valence electrons. The van der Waals surface area contributed by atoms with E-state index >= 15 is 0 Å². The molecule has 4 nitrogen and oxygen atoms in total. The first-order valence-electron chi connectivity index (χ1n) is 6.38. The molecule has 0 saturated carbocycles. The number of nitrogens with zero attached hydrogens (tertiary/aromatic N) is 3. The van der Waals surface area contributed by atoms with E-state index in [4.69, 9.17) is 0 Å². The monoisotopic (exact) mass is 417 g/mol. The number of alkyl halides is 6. The molecule has 2 rings (SSSR count). The van der Waals surface area contributed by atoms with Gasteiger partial charge < -0.3 is 9.47 Å². The van der Waals surface area contributed by atoms with Crippen LogP contribution in [0.4, 0.5) is 26.3 Å². The summed E-state index contributed by atoms with van der Waals surface area (Å²) in [4.78, 5) is 15.6. The zero-order chi connectivity index (χ0) is 18.4. The summed E-state index contributed by atoms with van der Waals surface area (Å²) in [7, 11) is 1.23. The Morgan fingerprint density at radius 3 is 2.25 bits per heavy atom. The molecule has 1 heterocycles. The van der Waals surface area contributed by atoms with Crippen LogP contribution in [0.5, 0.6) is 0 Å². The third-order valence-electron chi connectivity index (χ3n) is 3.28. The SMILES string of the molecule is CC(=O)N(C)Cn1c(C(F)(F)F)nc2c(Br)cc(C(F)(F)F)cc21. The van der Waals surface area contributed by atoms with Gasteiger partial charge in [-0.05, 0) is 28.1 Å². The summed E-state index contributed by atoms with van der Waals surface area (Å²) in [6, 6.07) is 1.24. The molecular formula is C13H10BrF6N3O. The molecule has 0 saturated heterocycles. The molecule has 0 N–H and O–H groups in total. The second kappa shape index (κ2) is 5.94. The van der Waals surface area contributed by atoms with Crippen LogP contribution in [-0.2, 0) is 23.8 Å². The van der Waals surface area contributed by atoms with Gasteiger partial charge in [0, 0.05) is 18.4 Å². The first-order chi connectivity index (χ1) is 10.8. The maximum absolute atomic E-state index is 13.2. The Balaban J connectivity index is 2.78. The summed E-state index contributed by atoms with van der Waals surface area (Å²) in [5, 5.41) is 0. The Labute approximate surface area is 140 Å². The third-order valence-corrected chi connectivity index (χ3v) is 3.88. The van der Waals surface area contributed by atoms with Gasteiger partial charge in [0.25, 0.3) is 0 Å². The number of halogens is 7. The number of aromatic nitrogens is 2. The van der Waals surface area contributed by atoms with Crippen molar-refractivity contribution in [3.63, 3.8) is 0 Å². The Morgan fingerprint density at radius 2 is 1.79 bits per heavy atom. The van der Waals surface area contributed by atoms with Gasteiger partial charge in [-0.25, -0.2) is 4.98 Å². The van der Waals surface area contributed by atoms with Crippen molar-refractivity contribution < 1.29 is 31.1 Å². The molecule has 0 aliphatic rings. The largest absolute Gasteiger partial charge is 0.449 e. The van der Waals surface area contributed by atoms with Gasteiger partial charge in [-0.15, -0.1) is 0 Å². The average Bonchev–Trinajstić information content (AvgIpc) is 2.77. The van der Waals surface area contributed by atoms with E-state index in [-0.39, 0.29) is 15.5 Å². The van der Waals surface area contributed by atoms with Gasteiger partial charge in [0.2, 0.25) is 11.7 Å². The predicted octanol–water partition coefficient (Wildman–Crippen LogP) is 4.27. The summed E-state index contributed by atoms with van der Waals surface area (Å²) < 4.78 is 78.6. The third kappa shape index (κ3) is 3.50. The van der Waals surface area contributed by atoms with Crippen LogP contribution in [0.15, 0.2) is 16.6 Å². The van der Waals surface area contributed by atoms with Gasteiger partial charge in [0.1, 0.15) is 5.52 Å². The second-order valence-electron chi connectivity index (χ2n) is 5.04. The van der Waals surface area contributed by atoms with Crippen LogP contribution in [-0.4, -0.2) is 27.4 Å². The lowest BCUT2D eigenvalue weighted by Gasteiger charge is -2.19. The molecule has 11 heteroatoms. The van der Waals surface area contributed by atoms with Crippen LogP contribution >= 0.6 is 15.9 Å². The number of imidazole rings is 1. The number of rotatable bonds is 2. The molecule has 0 bridgehead atoms. The van der Waals surface area contributed by atoms with Crippen LogP contribution in [0.3, 0.4) is 0 Å². The molecule has 0 aliphatic carbocycles. The molecular weight excluding hydrogens is 408 g/mol. The number of amides is 1. The molecule has 1 aromatic carbocycles. The normalized spacial score (nSPS) is 12.7. The molecule has 0 atom stereocenters. The van der Waals surface area contributed by atoms with Gasteiger partial charge >= 0.3 is 12.4 Å². The molecule has 0 unspecified atom stereocenters. The quantitative estimate of drug-likeness (QED) is 0.684. The van der Waals surface area contributed by atoms with Gasteiger partial charge in [-0.3, -0.25) is 4.79 Å². The van der Waals surface area contributed by atoms with E-state index < -0.39 is 36.3 Å². The average molecular weight is 418 g/mol. The molecule has 2 aromatic rings. The number of hydrogen-bond acceptors (Lipinski definition) is 2. The standard InChI is InChI=1S/C13H10BrF6N3O/c1-6(24)22(2)5-23-9-4-7(12(15,16)17)3-8(14)10(9)21-11(23)13(18,19)20/h3-4H,5H2,1-2H3.